The number of aryl methyl sites for hydroxylation is 1. The normalized spacial score (nSPS) is 12.0. The first-order valence-corrected chi connectivity index (χ1v) is 12.3. The molecule has 210 valence electrons. The van der Waals surface area contributed by atoms with Crippen molar-refractivity contribution in [2.24, 2.45) is 5.10 Å². The minimum atomic E-state index is -0.753. The zero-order chi connectivity index (χ0) is 29.4. The number of amides is 3. The van der Waals surface area contributed by atoms with Gasteiger partial charge in [-0.25, -0.2) is 0 Å². The average Bonchev–Trinajstić information content (AvgIpc) is 3.20. The molecule has 0 radical (unpaired) electrons. The molecule has 3 rings (SSSR count). The van der Waals surface area contributed by atoms with Crippen molar-refractivity contribution in [1.82, 2.24) is 20.4 Å². The summed E-state index contributed by atoms with van der Waals surface area (Å²) in [5, 5.41) is 10.8. The molecule has 1 heterocycles. The highest BCUT2D eigenvalue weighted by Crippen LogP contribution is 2.21. The van der Waals surface area contributed by atoms with Crippen molar-refractivity contribution < 1.29 is 19.1 Å². The van der Waals surface area contributed by atoms with Gasteiger partial charge in [0.05, 0.1) is 12.2 Å². The van der Waals surface area contributed by atoms with Crippen LogP contribution < -0.4 is 15.6 Å². The highest BCUT2D eigenvalue weighted by atomic mass is 16.4. The van der Waals surface area contributed by atoms with Crippen molar-refractivity contribution in [3.63, 3.8) is 0 Å². The molecule has 1 aliphatic heterocycles. The Hall–Kier alpha value is -4.04. The number of hydrogen-bond donors (Lipinski definition) is 2. The Bertz CT molecular complexity index is 1170. The van der Waals surface area contributed by atoms with E-state index in [2.05, 4.69) is 43.9 Å². The molecule has 0 bridgehead atoms. The molecule has 2 N–H and O–H groups in total. The molecule has 0 saturated carbocycles. The molecule has 39 heavy (non-hydrogen) atoms. The number of methoxy groups -OCH3 is 1. The van der Waals surface area contributed by atoms with Gasteiger partial charge in [-0.2, -0.15) is 5.10 Å². The minimum absolute atomic E-state index is 0.139. The van der Waals surface area contributed by atoms with Gasteiger partial charge in [-0.3, -0.25) is 30.0 Å². The number of nitrogens with one attached hydrogen (secondary N) is 2. The summed E-state index contributed by atoms with van der Waals surface area (Å²) in [5.74, 6) is 5.42. The number of benzene rings is 2. The van der Waals surface area contributed by atoms with Crippen LogP contribution in [-0.4, -0.2) is 96.3 Å². The number of hydrogen-bond acceptors (Lipinski definition) is 8. The van der Waals surface area contributed by atoms with E-state index in [0.717, 1.165) is 47.6 Å². The lowest BCUT2D eigenvalue weighted by atomic mass is 10.1. The zero-order valence-corrected chi connectivity index (χ0v) is 23.9. The molecule has 1 aliphatic rings. The molecular formula is C29H40N6O4. The van der Waals surface area contributed by atoms with Gasteiger partial charge in [-0.1, -0.05) is 30.0 Å². The lowest BCUT2D eigenvalue weighted by Gasteiger charge is -2.22. The van der Waals surface area contributed by atoms with Crippen LogP contribution in [0.2, 0.25) is 0 Å². The van der Waals surface area contributed by atoms with Gasteiger partial charge < -0.3 is 14.5 Å². The summed E-state index contributed by atoms with van der Waals surface area (Å²) in [6.45, 7) is 7.96. The van der Waals surface area contributed by atoms with E-state index < -0.39 is 11.9 Å². The molecule has 1 atom stereocenters. The molecule has 0 aliphatic carbocycles. The van der Waals surface area contributed by atoms with Crippen molar-refractivity contribution in [2.75, 3.05) is 60.5 Å². The third-order valence-electron chi connectivity index (χ3n) is 5.52. The van der Waals surface area contributed by atoms with E-state index in [4.69, 9.17) is 0 Å². The van der Waals surface area contributed by atoms with E-state index in [-0.39, 0.29) is 5.91 Å². The fourth-order valence-corrected chi connectivity index (χ4v) is 3.55. The van der Waals surface area contributed by atoms with Crippen LogP contribution in [0.1, 0.15) is 27.0 Å². The second kappa shape index (κ2) is 17.5. The van der Waals surface area contributed by atoms with Crippen molar-refractivity contribution in [1.29, 1.82) is 0 Å². The van der Waals surface area contributed by atoms with E-state index in [1.54, 1.807) is 26.2 Å². The first kappa shape index (κ1) is 33.0. The third-order valence-corrected chi connectivity index (χ3v) is 5.52. The maximum Gasteiger partial charge on any atom is 0.255 e. The number of imide groups is 1. The lowest BCUT2D eigenvalue weighted by molar-refractivity contribution is -0.125. The lowest BCUT2D eigenvalue weighted by Crippen LogP contribution is -2.41. The first-order valence-electron chi connectivity index (χ1n) is 12.3. The fourth-order valence-electron chi connectivity index (χ4n) is 3.55. The summed E-state index contributed by atoms with van der Waals surface area (Å²) < 4.78 is 4.25. The van der Waals surface area contributed by atoms with E-state index >= 15 is 0 Å². The number of carbonyl (C=O) groups excluding carboxylic acids is 3. The minimum Gasteiger partial charge on any atom is -0.388 e. The summed E-state index contributed by atoms with van der Waals surface area (Å²) in [6.07, 6.45) is 0.345. The average molecular weight is 537 g/mol. The standard InChI is InChI=1S/C18H25N5O2.C9H9NO.C2H6O/c1-14-12-15(6-8-16(19-2)18(25)21-13-24)7-9-17(14)23(20-3)11-10-22(4)5;1-10-6-7-4-2-3-5-8(7)9(10)11;1-3-2/h7,9,12-13,16,19H,3,10-11H2,1-2,4-5H3,(H,21,24,25);2-5H,6H2,1H3;1-2H3/t16-;;/m0../s1. The molecule has 0 spiro atoms. The fraction of sp³-hybridized carbons (Fsp3) is 0.379. The van der Waals surface area contributed by atoms with Crippen molar-refractivity contribution in [2.45, 2.75) is 19.5 Å². The first-order chi connectivity index (χ1) is 18.6. The van der Waals surface area contributed by atoms with Crippen LogP contribution >= 0.6 is 0 Å². The summed E-state index contributed by atoms with van der Waals surface area (Å²) >= 11 is 0. The Kier molecular flexibility index (Phi) is 14.8. The Balaban J connectivity index is 0.000000443. The topological polar surface area (TPSA) is 107 Å². The molecule has 2 aromatic rings. The van der Waals surface area contributed by atoms with E-state index in [0.29, 0.717) is 6.41 Å². The number of ether oxygens (including phenoxy) is 1. The number of likely N-dealkylation sites (N-methyl/N-ethyl adjacent to an activating group) is 2. The van der Waals surface area contributed by atoms with Crippen LogP contribution in [0.15, 0.2) is 47.6 Å². The Labute approximate surface area is 232 Å². The van der Waals surface area contributed by atoms with Crippen LogP contribution in [0.4, 0.5) is 5.69 Å². The molecule has 10 nitrogen and oxygen atoms in total. The number of fused-ring (bicyclic) bond motifs is 1. The Morgan fingerprint density at radius 2 is 1.90 bits per heavy atom. The predicted octanol–water partition coefficient (Wildman–Crippen LogP) is 1.73. The van der Waals surface area contributed by atoms with Crippen molar-refractivity contribution in [3.05, 3.63) is 64.7 Å². The highest BCUT2D eigenvalue weighted by Gasteiger charge is 2.22. The zero-order valence-electron chi connectivity index (χ0n) is 23.9. The molecule has 0 saturated heterocycles. The smallest absolute Gasteiger partial charge is 0.255 e. The van der Waals surface area contributed by atoms with Gasteiger partial charge in [0.1, 0.15) is 6.04 Å². The van der Waals surface area contributed by atoms with Crippen LogP contribution in [0.5, 0.6) is 0 Å². The molecule has 0 aromatic heterocycles. The summed E-state index contributed by atoms with van der Waals surface area (Å²) in [6, 6.07) is 12.7. The number of nitrogens with zero attached hydrogens (tertiary/aromatic N) is 4. The SMILES string of the molecule is C=NN(CCN(C)C)c1ccc(C#C[C@H](NC)C(=O)NC=O)cc1C.CN1Cc2ccccc2C1=O.COC. The van der Waals surface area contributed by atoms with Crippen LogP contribution in [0.25, 0.3) is 0 Å². The summed E-state index contributed by atoms with van der Waals surface area (Å²) in [4.78, 5) is 37.1. The van der Waals surface area contributed by atoms with E-state index in [1.165, 1.54) is 0 Å². The van der Waals surface area contributed by atoms with Gasteiger partial charge in [0, 0.05) is 52.2 Å². The quantitative estimate of drug-likeness (QED) is 0.229. The summed E-state index contributed by atoms with van der Waals surface area (Å²) in [5.41, 5.74) is 4.74. The Morgan fingerprint density at radius 1 is 1.23 bits per heavy atom. The molecule has 0 fully saturated rings. The molecule has 3 amide bonds. The Morgan fingerprint density at radius 3 is 2.44 bits per heavy atom. The second-order valence-corrected chi connectivity index (χ2v) is 8.91. The van der Waals surface area contributed by atoms with Gasteiger partial charge in [0.25, 0.3) is 11.8 Å². The maximum atomic E-state index is 11.6. The highest BCUT2D eigenvalue weighted by molar-refractivity contribution is 5.98. The van der Waals surface area contributed by atoms with E-state index in [9.17, 15) is 14.4 Å². The van der Waals surface area contributed by atoms with Gasteiger partial charge >= 0.3 is 0 Å². The molecular weight excluding hydrogens is 496 g/mol. The number of carbonyl (C=O) groups is 3. The molecule has 0 unspecified atom stereocenters. The van der Waals surface area contributed by atoms with Crippen molar-refractivity contribution >= 4 is 30.6 Å². The molecule has 10 heteroatoms. The summed E-state index contributed by atoms with van der Waals surface area (Å²) in [7, 11) is 10.7. The number of rotatable bonds is 8. The monoisotopic (exact) mass is 536 g/mol. The van der Waals surface area contributed by atoms with Gasteiger partial charge in [0.15, 0.2) is 0 Å². The number of hydrazone groups is 1. The predicted molar refractivity (Wildman–Crippen MR) is 156 cm³/mol. The molecule has 2 aromatic carbocycles. The third kappa shape index (κ3) is 10.7. The van der Waals surface area contributed by atoms with Gasteiger partial charge in [-0.05, 0) is 63.5 Å². The van der Waals surface area contributed by atoms with Crippen LogP contribution in [0, 0.1) is 18.8 Å². The van der Waals surface area contributed by atoms with E-state index in [1.807, 2.05) is 75.5 Å². The number of anilines is 1. The second-order valence-electron chi connectivity index (χ2n) is 8.91. The van der Waals surface area contributed by atoms with Gasteiger partial charge in [-0.15, -0.1) is 0 Å². The van der Waals surface area contributed by atoms with Gasteiger partial charge in [0.2, 0.25) is 6.41 Å². The van der Waals surface area contributed by atoms with Crippen LogP contribution in [-0.2, 0) is 20.9 Å². The maximum absolute atomic E-state index is 11.6. The van der Waals surface area contributed by atoms with Crippen molar-refractivity contribution in [3.8, 4) is 11.8 Å². The largest absolute Gasteiger partial charge is 0.388 e. The van der Waals surface area contributed by atoms with Crippen LogP contribution in [0.3, 0.4) is 0 Å².